The van der Waals surface area contributed by atoms with Crippen LogP contribution < -0.4 is 10.3 Å². The third-order valence-electron chi connectivity index (χ3n) is 6.13. The van der Waals surface area contributed by atoms with Crippen LogP contribution in [-0.2, 0) is 4.79 Å². The quantitative estimate of drug-likeness (QED) is 0.354. The van der Waals surface area contributed by atoms with Crippen LogP contribution >= 0.6 is 11.6 Å². The minimum Gasteiger partial charge on any atom is -0.324 e. The first-order valence-corrected chi connectivity index (χ1v) is 11.9. The van der Waals surface area contributed by atoms with Gasteiger partial charge in [0.1, 0.15) is 18.1 Å². The Hall–Kier alpha value is -4.49. The monoisotopic (exact) mass is 492 g/mol. The summed E-state index contributed by atoms with van der Waals surface area (Å²) in [6.45, 7) is 1.83. The van der Waals surface area contributed by atoms with Gasteiger partial charge < -0.3 is 5.32 Å². The van der Waals surface area contributed by atoms with Gasteiger partial charge in [-0.05, 0) is 36.6 Å². The van der Waals surface area contributed by atoms with E-state index in [-0.39, 0.29) is 12.5 Å². The van der Waals surface area contributed by atoms with Crippen LogP contribution in [0.4, 0.5) is 11.6 Å². The zero-order valence-electron chi connectivity index (χ0n) is 19.4. The minimum atomic E-state index is -0.219. The van der Waals surface area contributed by atoms with Crippen LogP contribution in [0.1, 0.15) is 17.0 Å². The lowest BCUT2D eigenvalue weighted by Gasteiger charge is -2.18. The molecule has 1 aliphatic heterocycles. The maximum absolute atomic E-state index is 13.3. The van der Waals surface area contributed by atoms with Crippen molar-refractivity contribution in [3.63, 3.8) is 0 Å². The number of carbonyl (C=O) groups is 1. The number of hydrogen-bond acceptors (Lipinski definition) is 5. The number of aryl methyl sites for hydroxylation is 1. The molecular weight excluding hydrogens is 472 g/mol. The molecule has 5 aromatic rings. The van der Waals surface area contributed by atoms with Crippen molar-refractivity contribution in [1.82, 2.24) is 14.8 Å². The van der Waals surface area contributed by atoms with Crippen LogP contribution in [-0.4, -0.2) is 32.9 Å². The van der Waals surface area contributed by atoms with Crippen molar-refractivity contribution < 1.29 is 4.79 Å². The summed E-state index contributed by atoms with van der Waals surface area (Å²) in [4.78, 5) is 13.3. The summed E-state index contributed by atoms with van der Waals surface area (Å²) in [7, 11) is 0. The summed E-state index contributed by atoms with van der Waals surface area (Å²) < 4.78 is 1.92. The van der Waals surface area contributed by atoms with Gasteiger partial charge in [0.05, 0.1) is 5.69 Å². The van der Waals surface area contributed by atoms with E-state index in [1.165, 1.54) is 0 Å². The fourth-order valence-electron chi connectivity index (χ4n) is 4.48. The molecule has 4 aromatic carbocycles. The summed E-state index contributed by atoms with van der Waals surface area (Å²) in [6, 6.07) is 29.2. The Balaban J connectivity index is 1.42. The second-order valence-corrected chi connectivity index (χ2v) is 8.92. The molecule has 0 unspecified atom stereocenters. The Bertz CT molecular complexity index is 1630. The van der Waals surface area contributed by atoms with Crippen molar-refractivity contribution in [1.29, 1.82) is 0 Å². The molecule has 0 atom stereocenters. The summed E-state index contributed by atoms with van der Waals surface area (Å²) in [6.07, 6.45) is 0. The lowest BCUT2D eigenvalue weighted by molar-refractivity contribution is -0.115. The number of halogens is 1. The molecule has 0 saturated carbocycles. The number of hydrogen-bond donors (Lipinski definition) is 1. The molecule has 0 radical (unpaired) electrons. The smallest absolute Gasteiger partial charge is 0.252 e. The molecule has 0 spiro atoms. The van der Waals surface area contributed by atoms with E-state index >= 15 is 0 Å². The summed E-state index contributed by atoms with van der Waals surface area (Å²) >= 11 is 6.15. The third kappa shape index (κ3) is 3.89. The third-order valence-corrected chi connectivity index (χ3v) is 6.39. The van der Waals surface area contributed by atoms with E-state index in [1.807, 2.05) is 102 Å². The average Bonchev–Trinajstić information content (AvgIpc) is 3.22. The molecule has 2 heterocycles. The molecule has 1 aromatic heterocycles. The predicted octanol–water partition coefficient (Wildman–Crippen LogP) is 5.59. The molecule has 36 heavy (non-hydrogen) atoms. The molecule has 176 valence electrons. The number of nitrogens with zero attached hydrogens (tertiary/aromatic N) is 5. The van der Waals surface area contributed by atoms with E-state index in [4.69, 9.17) is 16.7 Å². The first kappa shape index (κ1) is 22.0. The molecule has 0 aliphatic carbocycles. The topological polar surface area (TPSA) is 75.4 Å². The van der Waals surface area contributed by atoms with Crippen molar-refractivity contribution in [2.45, 2.75) is 6.92 Å². The fraction of sp³-hybridized carbons (Fsp3) is 0.0714. The van der Waals surface area contributed by atoms with Crippen LogP contribution in [0.25, 0.3) is 16.5 Å². The summed E-state index contributed by atoms with van der Waals surface area (Å²) in [5, 5.41) is 20.9. The molecule has 1 N–H and O–H groups in total. The van der Waals surface area contributed by atoms with E-state index < -0.39 is 0 Å². The lowest BCUT2D eigenvalue weighted by atomic mass is 10.0. The van der Waals surface area contributed by atoms with Crippen molar-refractivity contribution in [2.75, 3.05) is 16.9 Å². The highest BCUT2D eigenvalue weighted by atomic mass is 35.5. The standard InChI is InChI=1S/C28H21ClN6O/c1-18-31-32-28-34(17-26(36)30-24-11-6-8-19-7-2-3-9-22(19)24)33-27(20-13-15-21(29)16-14-20)23-10-4-5-12-25(23)35(18)28/h2-16H,17H2,1H3,(H,30,36). The first-order valence-electron chi connectivity index (χ1n) is 11.5. The highest BCUT2D eigenvalue weighted by molar-refractivity contribution is 6.30. The van der Waals surface area contributed by atoms with Crippen LogP contribution in [0.2, 0.25) is 5.02 Å². The fourth-order valence-corrected chi connectivity index (χ4v) is 4.60. The van der Waals surface area contributed by atoms with Crippen LogP contribution in [0, 0.1) is 6.92 Å². The number of benzene rings is 4. The van der Waals surface area contributed by atoms with Crippen LogP contribution in [0.3, 0.4) is 0 Å². The van der Waals surface area contributed by atoms with Crippen molar-refractivity contribution >= 4 is 45.6 Å². The highest BCUT2D eigenvalue weighted by Gasteiger charge is 2.27. The molecule has 6 rings (SSSR count). The van der Waals surface area contributed by atoms with Gasteiger partial charge in [-0.2, -0.15) is 5.10 Å². The molecule has 8 heteroatoms. The van der Waals surface area contributed by atoms with Gasteiger partial charge in [0.25, 0.3) is 5.95 Å². The number of carbonyl (C=O) groups excluding carboxylic acids is 1. The zero-order chi connectivity index (χ0) is 24.6. The molecule has 1 aliphatic rings. The van der Waals surface area contributed by atoms with E-state index in [2.05, 4.69) is 15.5 Å². The van der Waals surface area contributed by atoms with Crippen LogP contribution in [0.15, 0.2) is 96.1 Å². The van der Waals surface area contributed by atoms with E-state index in [0.29, 0.717) is 22.5 Å². The van der Waals surface area contributed by atoms with Gasteiger partial charge in [0.2, 0.25) is 5.91 Å². The van der Waals surface area contributed by atoms with Gasteiger partial charge in [0, 0.05) is 27.2 Å². The molecule has 1 amide bonds. The first-order chi connectivity index (χ1) is 17.6. The number of anilines is 2. The Morgan fingerprint density at radius 2 is 1.64 bits per heavy atom. The van der Waals surface area contributed by atoms with E-state index in [1.54, 1.807) is 5.01 Å². The Morgan fingerprint density at radius 3 is 2.50 bits per heavy atom. The number of fused-ring (bicyclic) bond motifs is 4. The van der Waals surface area contributed by atoms with Gasteiger partial charge in [-0.3, -0.25) is 9.36 Å². The second-order valence-electron chi connectivity index (χ2n) is 8.49. The summed E-state index contributed by atoms with van der Waals surface area (Å²) in [5.41, 5.74) is 4.13. The zero-order valence-corrected chi connectivity index (χ0v) is 20.1. The maximum atomic E-state index is 13.3. The number of aromatic nitrogens is 3. The molecular formula is C28H21ClN6O. The minimum absolute atomic E-state index is 0.0492. The predicted molar refractivity (Wildman–Crippen MR) is 143 cm³/mol. The molecule has 0 bridgehead atoms. The summed E-state index contributed by atoms with van der Waals surface area (Å²) in [5.74, 6) is 0.949. The second kappa shape index (κ2) is 8.94. The van der Waals surface area contributed by atoms with Gasteiger partial charge in [-0.15, -0.1) is 10.2 Å². The SMILES string of the molecule is Cc1nnc2n1-c1ccccc1C(c1ccc(Cl)cc1)=NN2CC(=O)Nc1cccc2ccccc12. The number of amides is 1. The number of para-hydroxylation sites is 1. The Labute approximate surface area is 212 Å². The van der Waals surface area contributed by atoms with Gasteiger partial charge in [0.15, 0.2) is 0 Å². The van der Waals surface area contributed by atoms with E-state index in [9.17, 15) is 4.79 Å². The van der Waals surface area contributed by atoms with E-state index in [0.717, 1.165) is 33.3 Å². The Morgan fingerprint density at radius 1 is 0.889 bits per heavy atom. The Kier molecular flexibility index (Phi) is 5.47. The van der Waals surface area contributed by atoms with Crippen molar-refractivity contribution in [3.05, 3.63) is 113 Å². The average molecular weight is 493 g/mol. The van der Waals surface area contributed by atoms with Gasteiger partial charge in [-0.25, -0.2) is 5.01 Å². The van der Waals surface area contributed by atoms with Crippen LogP contribution in [0.5, 0.6) is 0 Å². The number of nitrogens with one attached hydrogen (secondary N) is 1. The van der Waals surface area contributed by atoms with Gasteiger partial charge >= 0.3 is 0 Å². The van der Waals surface area contributed by atoms with Crippen molar-refractivity contribution in [3.8, 4) is 5.69 Å². The maximum Gasteiger partial charge on any atom is 0.252 e. The molecule has 0 fully saturated rings. The lowest BCUT2D eigenvalue weighted by Crippen LogP contribution is -2.31. The largest absolute Gasteiger partial charge is 0.324 e. The van der Waals surface area contributed by atoms with Gasteiger partial charge in [-0.1, -0.05) is 78.3 Å². The number of hydrazone groups is 1. The molecule has 7 nitrogen and oxygen atoms in total. The molecule has 0 saturated heterocycles. The van der Waals surface area contributed by atoms with Crippen molar-refractivity contribution in [2.24, 2.45) is 5.10 Å². The highest BCUT2D eigenvalue weighted by Crippen LogP contribution is 2.30. The normalized spacial score (nSPS) is 12.5. The number of rotatable bonds is 4.